The number of amides is 1. The van der Waals surface area contributed by atoms with Crippen molar-refractivity contribution >= 4 is 56.3 Å². The van der Waals surface area contributed by atoms with E-state index in [-0.39, 0.29) is 39.6 Å². The lowest BCUT2D eigenvalue weighted by molar-refractivity contribution is 0.0713. The average molecular weight is 563 g/mol. The van der Waals surface area contributed by atoms with E-state index in [1.807, 2.05) is 0 Å². The molecule has 9 nitrogen and oxygen atoms in total. The minimum atomic E-state index is -4.12. The molecule has 1 aliphatic rings. The molecule has 0 radical (unpaired) electrons. The van der Waals surface area contributed by atoms with Crippen molar-refractivity contribution in [1.29, 1.82) is 0 Å². The zero-order chi connectivity index (χ0) is 26.3. The number of aromatic nitrogens is 3. The Morgan fingerprint density at radius 3 is 2.46 bits per heavy atom. The van der Waals surface area contributed by atoms with Gasteiger partial charge in [-0.1, -0.05) is 35.3 Å². The molecule has 1 saturated heterocycles. The van der Waals surface area contributed by atoms with Crippen molar-refractivity contribution in [3.63, 3.8) is 0 Å². The molecule has 37 heavy (non-hydrogen) atoms. The third-order valence-electron chi connectivity index (χ3n) is 6.34. The minimum Gasteiger partial charge on any atom is -0.338 e. The Balaban J connectivity index is 1.50. The number of piperidine rings is 1. The number of hydrogen-bond donors (Lipinski definition) is 2. The molecule has 4 aromatic rings. The van der Waals surface area contributed by atoms with Gasteiger partial charge in [0.2, 0.25) is 10.0 Å². The van der Waals surface area contributed by atoms with Crippen LogP contribution in [0.1, 0.15) is 34.7 Å². The predicted molar refractivity (Wildman–Crippen MR) is 138 cm³/mol. The molecule has 0 saturated carbocycles. The fourth-order valence-electron chi connectivity index (χ4n) is 4.43. The highest BCUT2D eigenvalue weighted by molar-refractivity contribution is 7.89. The quantitative estimate of drug-likeness (QED) is 0.367. The van der Waals surface area contributed by atoms with Gasteiger partial charge in [-0.3, -0.25) is 4.79 Å². The molecule has 0 aliphatic carbocycles. The van der Waals surface area contributed by atoms with Crippen LogP contribution in [-0.4, -0.2) is 46.9 Å². The molecule has 0 spiro atoms. The Hall–Kier alpha value is -3.25. The van der Waals surface area contributed by atoms with Crippen LogP contribution in [0.2, 0.25) is 10.0 Å². The summed E-state index contributed by atoms with van der Waals surface area (Å²) in [5.74, 6) is -0.241. The lowest BCUT2D eigenvalue weighted by Crippen LogP contribution is -2.38. The van der Waals surface area contributed by atoms with Gasteiger partial charge in [0.1, 0.15) is 22.1 Å². The number of sulfonamides is 1. The number of nitrogens with two attached hydrogens (primary N) is 1. The average Bonchev–Trinajstić information content (AvgIpc) is 3.32. The van der Waals surface area contributed by atoms with Crippen molar-refractivity contribution < 1.29 is 17.6 Å². The number of nitrogens with zero attached hydrogens (tertiary/aromatic N) is 4. The van der Waals surface area contributed by atoms with E-state index in [1.165, 1.54) is 22.8 Å². The van der Waals surface area contributed by atoms with E-state index in [2.05, 4.69) is 15.4 Å². The first-order valence-electron chi connectivity index (χ1n) is 11.3. The maximum absolute atomic E-state index is 13.7. The van der Waals surface area contributed by atoms with Gasteiger partial charge >= 0.3 is 0 Å². The molecule has 1 fully saturated rings. The SMILES string of the molecule is NS(=O)(=O)c1cnn2c(Nc3cc(Cl)ccc3Cl)c(C(=O)N3CCC(c4ccc(F)cc4)CC3)cnc12. The fraction of sp³-hybridized carbons (Fsp3) is 0.208. The molecular weight excluding hydrogens is 542 g/mol. The molecular formula is C24H21Cl2FN6O3S. The van der Waals surface area contributed by atoms with Gasteiger partial charge in [-0.25, -0.2) is 22.9 Å². The number of rotatable bonds is 5. The molecule has 0 atom stereocenters. The van der Waals surface area contributed by atoms with E-state index in [1.54, 1.807) is 35.2 Å². The Kier molecular flexibility index (Phi) is 6.80. The van der Waals surface area contributed by atoms with Gasteiger partial charge < -0.3 is 10.2 Å². The Labute approximate surface area is 222 Å². The summed E-state index contributed by atoms with van der Waals surface area (Å²) in [7, 11) is -4.12. The molecule has 2 aromatic carbocycles. The second-order valence-electron chi connectivity index (χ2n) is 8.68. The number of carbonyl (C=O) groups is 1. The van der Waals surface area contributed by atoms with Crippen molar-refractivity contribution in [1.82, 2.24) is 19.5 Å². The Bertz CT molecular complexity index is 1600. The van der Waals surface area contributed by atoms with Gasteiger partial charge in [-0.2, -0.15) is 9.61 Å². The fourth-order valence-corrected chi connectivity index (χ4v) is 5.35. The van der Waals surface area contributed by atoms with E-state index in [0.29, 0.717) is 41.7 Å². The van der Waals surface area contributed by atoms with Crippen molar-refractivity contribution in [2.24, 2.45) is 5.14 Å². The normalized spacial score (nSPS) is 14.8. The van der Waals surface area contributed by atoms with Crippen molar-refractivity contribution in [2.75, 3.05) is 18.4 Å². The molecule has 2 aromatic heterocycles. The molecule has 5 rings (SSSR count). The number of nitrogens with one attached hydrogen (secondary N) is 1. The minimum absolute atomic E-state index is 0.0466. The van der Waals surface area contributed by atoms with Gasteiger partial charge in [-0.05, 0) is 54.7 Å². The smallest absolute Gasteiger partial charge is 0.259 e. The van der Waals surface area contributed by atoms with Crippen LogP contribution in [0.5, 0.6) is 0 Å². The van der Waals surface area contributed by atoms with Crippen LogP contribution in [0.4, 0.5) is 15.9 Å². The molecule has 1 amide bonds. The summed E-state index contributed by atoms with van der Waals surface area (Å²) in [6, 6.07) is 11.2. The van der Waals surface area contributed by atoms with Crippen LogP contribution in [-0.2, 0) is 10.0 Å². The highest BCUT2D eigenvalue weighted by Crippen LogP contribution is 2.33. The highest BCUT2D eigenvalue weighted by atomic mass is 35.5. The lowest BCUT2D eigenvalue weighted by Gasteiger charge is -2.32. The zero-order valence-corrected chi connectivity index (χ0v) is 21.6. The van der Waals surface area contributed by atoms with Gasteiger partial charge in [-0.15, -0.1) is 0 Å². The summed E-state index contributed by atoms with van der Waals surface area (Å²) in [4.78, 5) is 19.3. The summed E-state index contributed by atoms with van der Waals surface area (Å²) in [6.07, 6.45) is 3.77. The topological polar surface area (TPSA) is 123 Å². The Morgan fingerprint density at radius 1 is 1.08 bits per heavy atom. The number of carbonyl (C=O) groups excluding carboxylic acids is 1. The van der Waals surface area contributed by atoms with E-state index in [0.717, 1.165) is 11.8 Å². The molecule has 0 bridgehead atoms. The summed E-state index contributed by atoms with van der Waals surface area (Å²) in [5, 5.41) is 13.3. The largest absolute Gasteiger partial charge is 0.338 e. The molecule has 0 unspecified atom stereocenters. The van der Waals surface area contributed by atoms with Crippen molar-refractivity contribution in [3.8, 4) is 0 Å². The van der Waals surface area contributed by atoms with Gasteiger partial charge in [0.25, 0.3) is 5.91 Å². The molecule has 1 aliphatic heterocycles. The molecule has 3 heterocycles. The number of likely N-dealkylation sites (tertiary alicyclic amines) is 1. The highest BCUT2D eigenvalue weighted by Gasteiger charge is 2.29. The van der Waals surface area contributed by atoms with E-state index < -0.39 is 10.0 Å². The monoisotopic (exact) mass is 562 g/mol. The Morgan fingerprint density at radius 2 is 1.78 bits per heavy atom. The maximum Gasteiger partial charge on any atom is 0.259 e. The third-order valence-corrected chi connectivity index (χ3v) is 7.80. The van der Waals surface area contributed by atoms with Gasteiger partial charge in [0.05, 0.1) is 16.9 Å². The second-order valence-corrected chi connectivity index (χ2v) is 11.1. The predicted octanol–water partition coefficient (Wildman–Crippen LogP) is 4.59. The van der Waals surface area contributed by atoms with Crippen LogP contribution in [0.25, 0.3) is 5.65 Å². The van der Waals surface area contributed by atoms with Crippen LogP contribution < -0.4 is 10.5 Å². The van der Waals surface area contributed by atoms with Crippen LogP contribution >= 0.6 is 23.2 Å². The van der Waals surface area contributed by atoms with Crippen molar-refractivity contribution in [3.05, 3.63) is 81.8 Å². The van der Waals surface area contributed by atoms with Crippen LogP contribution in [0.15, 0.2) is 59.8 Å². The number of anilines is 2. The summed E-state index contributed by atoms with van der Waals surface area (Å²) in [6.45, 7) is 0.940. The third kappa shape index (κ3) is 5.12. The number of halogens is 3. The van der Waals surface area contributed by atoms with Crippen molar-refractivity contribution in [2.45, 2.75) is 23.7 Å². The number of hydrogen-bond acceptors (Lipinski definition) is 6. The zero-order valence-electron chi connectivity index (χ0n) is 19.2. The van der Waals surface area contributed by atoms with Gasteiger partial charge in [0, 0.05) is 24.3 Å². The molecule has 13 heteroatoms. The first-order chi connectivity index (χ1) is 17.6. The number of fused-ring (bicyclic) bond motifs is 1. The van der Waals surface area contributed by atoms with E-state index in [9.17, 15) is 17.6 Å². The first kappa shape index (κ1) is 25.4. The summed E-state index contributed by atoms with van der Waals surface area (Å²) in [5.41, 5.74) is 1.53. The molecule has 192 valence electrons. The second kappa shape index (κ2) is 9.90. The van der Waals surface area contributed by atoms with Crippen LogP contribution in [0.3, 0.4) is 0 Å². The van der Waals surface area contributed by atoms with Gasteiger partial charge in [0.15, 0.2) is 5.65 Å². The lowest BCUT2D eigenvalue weighted by atomic mass is 9.89. The number of primary sulfonamides is 1. The maximum atomic E-state index is 13.7. The van der Waals surface area contributed by atoms with E-state index in [4.69, 9.17) is 28.3 Å². The summed E-state index contributed by atoms with van der Waals surface area (Å²) < 4.78 is 38.6. The first-order valence-corrected chi connectivity index (χ1v) is 13.6. The number of benzene rings is 2. The molecule has 3 N–H and O–H groups in total. The van der Waals surface area contributed by atoms with Crippen LogP contribution in [0, 0.1) is 5.82 Å². The standard InChI is InChI=1S/C24H21Cl2FN6O3S/c25-16-3-6-19(26)20(11-16)31-22-18(12-29-23-21(37(28,35)36)13-30-33(22)23)24(34)32-9-7-15(8-10-32)14-1-4-17(27)5-2-14/h1-6,11-13,15,31H,7-10H2,(H2,28,35,36). The summed E-state index contributed by atoms with van der Waals surface area (Å²) >= 11 is 12.5. The van der Waals surface area contributed by atoms with E-state index >= 15 is 0 Å².